The number of pyridine rings is 1. The molecule has 4 rings (SSSR count). The van der Waals surface area contributed by atoms with E-state index in [1.165, 1.54) is 12.3 Å². The van der Waals surface area contributed by atoms with Crippen molar-refractivity contribution in [1.29, 1.82) is 0 Å². The van der Waals surface area contributed by atoms with E-state index < -0.39 is 16.1 Å². The fraction of sp³-hybridized carbons (Fsp3) is 0.217. The average Bonchev–Trinajstić information content (AvgIpc) is 3.26. The second kappa shape index (κ2) is 10.5. The molecular weight excluding hydrogens is 458 g/mol. The van der Waals surface area contributed by atoms with Gasteiger partial charge in [-0.2, -0.15) is 8.42 Å². The van der Waals surface area contributed by atoms with Gasteiger partial charge in [-0.3, -0.25) is 9.82 Å². The van der Waals surface area contributed by atoms with Crippen LogP contribution in [0.25, 0.3) is 10.9 Å². The SMILES string of the molecule is COc1n[nH]c2cc(OCCNC[C@H](O)c3cccc(NS(=O)(=O)c4ccccn4)c3)ccc12. The summed E-state index contributed by atoms with van der Waals surface area (Å²) in [6.45, 7) is 1.18. The molecule has 2 aromatic heterocycles. The topological polar surface area (TPSA) is 138 Å². The van der Waals surface area contributed by atoms with Gasteiger partial charge in [-0.25, -0.2) is 4.98 Å². The van der Waals surface area contributed by atoms with E-state index in [0.717, 1.165) is 10.9 Å². The molecule has 0 saturated carbocycles. The minimum atomic E-state index is -3.81. The van der Waals surface area contributed by atoms with Gasteiger partial charge < -0.3 is 19.9 Å². The Labute approximate surface area is 197 Å². The molecule has 0 aliphatic rings. The van der Waals surface area contributed by atoms with Gasteiger partial charge in [0.25, 0.3) is 10.0 Å². The molecule has 4 N–H and O–H groups in total. The summed E-state index contributed by atoms with van der Waals surface area (Å²) in [6.07, 6.45) is 0.588. The number of aromatic amines is 1. The molecule has 0 radical (unpaired) electrons. The van der Waals surface area contributed by atoms with E-state index in [-0.39, 0.29) is 11.6 Å². The number of fused-ring (bicyclic) bond motifs is 1. The Bertz CT molecular complexity index is 1340. The van der Waals surface area contributed by atoms with Crippen LogP contribution in [-0.4, -0.2) is 55.5 Å². The highest BCUT2D eigenvalue weighted by Gasteiger charge is 2.16. The molecule has 0 amide bonds. The van der Waals surface area contributed by atoms with Gasteiger partial charge in [0, 0.05) is 31.0 Å². The molecule has 2 heterocycles. The van der Waals surface area contributed by atoms with Crippen molar-refractivity contribution < 1.29 is 23.0 Å². The van der Waals surface area contributed by atoms with E-state index in [9.17, 15) is 13.5 Å². The number of nitrogens with one attached hydrogen (secondary N) is 3. The normalized spacial score (nSPS) is 12.4. The van der Waals surface area contributed by atoms with E-state index in [1.54, 1.807) is 43.5 Å². The molecule has 0 saturated heterocycles. The third-order valence-electron chi connectivity index (χ3n) is 5.01. The Hall–Kier alpha value is -3.67. The molecule has 178 valence electrons. The minimum Gasteiger partial charge on any atom is -0.492 e. The molecule has 1 atom stereocenters. The number of hydrogen-bond donors (Lipinski definition) is 4. The highest BCUT2D eigenvalue weighted by atomic mass is 32.2. The lowest BCUT2D eigenvalue weighted by Crippen LogP contribution is -2.26. The summed E-state index contributed by atoms with van der Waals surface area (Å²) < 4.78 is 38.3. The monoisotopic (exact) mass is 483 g/mol. The predicted molar refractivity (Wildman–Crippen MR) is 127 cm³/mol. The fourth-order valence-electron chi connectivity index (χ4n) is 3.34. The largest absolute Gasteiger partial charge is 0.492 e. The summed E-state index contributed by atoms with van der Waals surface area (Å²) >= 11 is 0. The third-order valence-corrected chi connectivity index (χ3v) is 6.31. The van der Waals surface area contributed by atoms with E-state index >= 15 is 0 Å². The van der Waals surface area contributed by atoms with Crippen LogP contribution in [0, 0.1) is 0 Å². The molecule has 34 heavy (non-hydrogen) atoms. The number of hydrogen-bond acceptors (Lipinski definition) is 8. The van der Waals surface area contributed by atoms with Crippen LogP contribution >= 0.6 is 0 Å². The van der Waals surface area contributed by atoms with E-state index in [2.05, 4.69) is 25.2 Å². The van der Waals surface area contributed by atoms with Gasteiger partial charge in [-0.15, -0.1) is 5.10 Å². The standard InChI is InChI=1S/C23H25N5O5S/c1-32-23-19-9-8-18(14-20(19)26-27-23)33-12-11-24-15-21(29)16-5-4-6-17(13-16)28-34(30,31)22-7-2-3-10-25-22/h2-10,13-14,21,24,28-29H,11-12,15H2,1H3,(H,26,27)/t21-/m0/s1. The quantitative estimate of drug-likeness (QED) is 0.239. The first kappa shape index (κ1) is 23.5. The van der Waals surface area contributed by atoms with Gasteiger partial charge in [-0.05, 0) is 42.0 Å². The van der Waals surface area contributed by atoms with E-state index in [0.29, 0.717) is 36.0 Å². The predicted octanol–water partition coefficient (Wildman–Crippen LogP) is 2.47. The number of methoxy groups -OCH3 is 1. The Balaban J connectivity index is 1.26. The van der Waals surface area contributed by atoms with Crippen molar-refractivity contribution in [3.8, 4) is 11.6 Å². The second-order valence-corrected chi connectivity index (χ2v) is 9.04. The van der Waals surface area contributed by atoms with Gasteiger partial charge in [0.2, 0.25) is 5.88 Å². The van der Waals surface area contributed by atoms with Crippen molar-refractivity contribution in [2.45, 2.75) is 11.1 Å². The van der Waals surface area contributed by atoms with Gasteiger partial charge >= 0.3 is 0 Å². The average molecular weight is 484 g/mol. The highest BCUT2D eigenvalue weighted by molar-refractivity contribution is 7.92. The molecule has 2 aromatic carbocycles. The Kier molecular flexibility index (Phi) is 7.26. The second-order valence-electron chi connectivity index (χ2n) is 7.41. The minimum absolute atomic E-state index is 0.0755. The zero-order valence-electron chi connectivity index (χ0n) is 18.4. The summed E-state index contributed by atoms with van der Waals surface area (Å²) in [5.74, 6) is 1.22. The maximum Gasteiger partial charge on any atom is 0.279 e. The number of benzene rings is 2. The van der Waals surface area contributed by atoms with E-state index in [4.69, 9.17) is 9.47 Å². The van der Waals surface area contributed by atoms with Crippen LogP contribution < -0.4 is 19.5 Å². The van der Waals surface area contributed by atoms with Crippen LogP contribution in [0.2, 0.25) is 0 Å². The first-order chi connectivity index (χ1) is 16.5. The van der Waals surface area contributed by atoms with E-state index in [1.807, 2.05) is 18.2 Å². The number of sulfonamides is 1. The third kappa shape index (κ3) is 5.63. The van der Waals surface area contributed by atoms with Crippen molar-refractivity contribution in [2.24, 2.45) is 0 Å². The Morgan fingerprint density at radius 2 is 2.00 bits per heavy atom. The molecular formula is C23H25N5O5S. The van der Waals surface area contributed by atoms with Crippen LogP contribution in [0.4, 0.5) is 5.69 Å². The van der Waals surface area contributed by atoms with Crippen molar-refractivity contribution in [1.82, 2.24) is 20.5 Å². The van der Waals surface area contributed by atoms with Crippen LogP contribution in [0.15, 0.2) is 71.9 Å². The molecule has 0 unspecified atom stereocenters. The van der Waals surface area contributed by atoms with Crippen molar-refractivity contribution in [3.63, 3.8) is 0 Å². The Morgan fingerprint density at radius 1 is 1.12 bits per heavy atom. The molecule has 4 aromatic rings. The first-order valence-electron chi connectivity index (χ1n) is 10.5. The number of ether oxygens (including phenoxy) is 2. The maximum atomic E-state index is 12.5. The summed E-state index contributed by atoms with van der Waals surface area (Å²) in [7, 11) is -2.24. The van der Waals surface area contributed by atoms with Crippen LogP contribution in [0.5, 0.6) is 11.6 Å². The number of anilines is 1. The number of aliphatic hydroxyl groups excluding tert-OH is 1. The van der Waals surface area contributed by atoms with Gasteiger partial charge in [-0.1, -0.05) is 18.2 Å². The van der Waals surface area contributed by atoms with Gasteiger partial charge in [0.15, 0.2) is 5.03 Å². The Morgan fingerprint density at radius 3 is 2.79 bits per heavy atom. The molecule has 0 bridgehead atoms. The summed E-state index contributed by atoms with van der Waals surface area (Å²) in [5.41, 5.74) is 1.74. The van der Waals surface area contributed by atoms with Crippen LogP contribution in [0.1, 0.15) is 11.7 Å². The van der Waals surface area contributed by atoms with Crippen molar-refractivity contribution in [2.75, 3.05) is 31.5 Å². The zero-order valence-corrected chi connectivity index (χ0v) is 19.2. The molecule has 0 spiro atoms. The number of rotatable bonds is 11. The summed E-state index contributed by atoms with van der Waals surface area (Å²) in [6, 6.07) is 16.8. The fourth-order valence-corrected chi connectivity index (χ4v) is 4.34. The smallest absolute Gasteiger partial charge is 0.279 e. The highest BCUT2D eigenvalue weighted by Crippen LogP contribution is 2.26. The summed E-state index contributed by atoms with van der Waals surface area (Å²) in [5, 5.41) is 21.4. The van der Waals surface area contributed by atoms with Crippen LogP contribution in [0.3, 0.4) is 0 Å². The molecule has 11 heteroatoms. The molecule has 10 nitrogen and oxygen atoms in total. The first-order valence-corrected chi connectivity index (χ1v) is 12.0. The number of H-pyrrole nitrogens is 1. The zero-order chi connectivity index (χ0) is 24.0. The number of aliphatic hydroxyl groups is 1. The van der Waals surface area contributed by atoms with Crippen molar-refractivity contribution >= 4 is 26.6 Å². The lowest BCUT2D eigenvalue weighted by atomic mass is 10.1. The summed E-state index contributed by atoms with van der Waals surface area (Å²) in [4.78, 5) is 3.87. The lowest BCUT2D eigenvalue weighted by molar-refractivity contribution is 0.172. The molecule has 0 aliphatic carbocycles. The number of aromatic nitrogens is 3. The number of nitrogens with zero attached hydrogens (tertiary/aromatic N) is 2. The van der Waals surface area contributed by atoms with Gasteiger partial charge in [0.05, 0.1) is 24.1 Å². The van der Waals surface area contributed by atoms with Crippen LogP contribution in [-0.2, 0) is 10.0 Å². The molecule has 0 fully saturated rings. The lowest BCUT2D eigenvalue weighted by Gasteiger charge is -2.14. The van der Waals surface area contributed by atoms with Crippen molar-refractivity contribution in [3.05, 3.63) is 72.4 Å². The molecule has 0 aliphatic heterocycles. The maximum absolute atomic E-state index is 12.5. The van der Waals surface area contributed by atoms with Gasteiger partial charge in [0.1, 0.15) is 12.4 Å².